The molecule has 2 saturated heterocycles. The number of cyclic esters (lactones) is 2. The van der Waals surface area contributed by atoms with Gasteiger partial charge in [0.2, 0.25) is 5.79 Å². The van der Waals surface area contributed by atoms with Gasteiger partial charge in [-0.05, 0) is 91.9 Å². The molecule has 0 bridgehead atoms. The van der Waals surface area contributed by atoms with Crippen molar-refractivity contribution in [2.75, 3.05) is 47.9 Å². The molecular weight excluding hydrogens is 813 g/mol. The molecule has 2 fully saturated rings. The number of amides is 1. The molecule has 2 N–H and O–H groups in total. The highest BCUT2D eigenvalue weighted by atomic mass is 19.4. The summed E-state index contributed by atoms with van der Waals surface area (Å²) >= 11 is 0. The number of carbonyl (C=O) groups is 3. The Balaban J connectivity index is 2.06. The normalized spacial score (nSPS) is 29.0. The molecule has 0 aromatic carbocycles. The van der Waals surface area contributed by atoms with Gasteiger partial charge in [-0.2, -0.15) is 13.2 Å². The summed E-state index contributed by atoms with van der Waals surface area (Å²) in [6.07, 6.45) is -11.0. The molecule has 12 atom stereocenters. The van der Waals surface area contributed by atoms with Gasteiger partial charge in [0.15, 0.2) is 18.0 Å². The van der Waals surface area contributed by atoms with Crippen molar-refractivity contribution in [3.8, 4) is 0 Å². The summed E-state index contributed by atoms with van der Waals surface area (Å²) in [4.78, 5) is 44.4. The number of nitrogens with zero attached hydrogens (tertiary/aromatic N) is 5. The number of methoxy groups -OCH3 is 2. The number of nitrogens with one attached hydrogen (secondary N) is 1. The number of rotatable bonds is 21. The maximum atomic E-state index is 15.3. The molecule has 0 aliphatic carbocycles. The lowest BCUT2D eigenvalue weighted by Crippen LogP contribution is -2.65. The van der Waals surface area contributed by atoms with Crippen molar-refractivity contribution < 1.29 is 70.6 Å². The van der Waals surface area contributed by atoms with Crippen LogP contribution in [0.5, 0.6) is 0 Å². The zero-order valence-electron chi connectivity index (χ0n) is 37.7. The van der Waals surface area contributed by atoms with Crippen molar-refractivity contribution in [1.29, 1.82) is 0 Å². The number of hydrogen-bond acceptors (Lipinski definition) is 15. The fraction of sp³-hybridized carbons (Fsp3) is 0.875. The summed E-state index contributed by atoms with van der Waals surface area (Å²) < 4.78 is 93.0. The number of esters is 1. The minimum atomic E-state index is -4.92. The summed E-state index contributed by atoms with van der Waals surface area (Å²) in [6, 6.07) is -4.41. The number of likely N-dealkylation sites (N-methyl/N-ethyl adjacent to an activating group) is 1. The van der Waals surface area contributed by atoms with Crippen LogP contribution in [0.4, 0.5) is 22.8 Å². The molecule has 4 unspecified atom stereocenters. The third kappa shape index (κ3) is 12.5. The summed E-state index contributed by atoms with van der Waals surface area (Å²) in [5.41, 5.74) is 5.50. The monoisotopic (exact) mass is 880 g/mol. The fourth-order valence-electron chi connectivity index (χ4n) is 8.66. The van der Waals surface area contributed by atoms with Crippen LogP contribution in [0.15, 0.2) is 16.4 Å². The van der Waals surface area contributed by atoms with Gasteiger partial charge in [-0.1, -0.05) is 25.9 Å². The van der Waals surface area contributed by atoms with Crippen molar-refractivity contribution in [3.63, 3.8) is 0 Å². The lowest BCUT2D eigenvalue weighted by Gasteiger charge is -2.48. The maximum Gasteiger partial charge on any atom is 0.508 e. The summed E-state index contributed by atoms with van der Waals surface area (Å²) in [5.74, 6) is -3.13. The number of halogens is 3. The second-order valence-electron chi connectivity index (χ2n) is 17.4. The Kier molecular flexibility index (Phi) is 18.0. The topological polar surface area (TPSA) is 213 Å². The highest BCUT2D eigenvalue weighted by molar-refractivity contribution is 5.89. The van der Waals surface area contributed by atoms with Crippen molar-refractivity contribution in [2.45, 2.75) is 166 Å². The number of unbranched alkanes of at least 4 members (excludes halogenated alkanes) is 1. The van der Waals surface area contributed by atoms with Crippen LogP contribution in [0.25, 0.3) is 10.4 Å². The van der Waals surface area contributed by atoms with Crippen LogP contribution in [0.2, 0.25) is 0 Å². The van der Waals surface area contributed by atoms with Gasteiger partial charge in [-0.25, -0.2) is 14.4 Å². The molecule has 350 valence electrons. The van der Waals surface area contributed by atoms with Crippen LogP contribution in [0.3, 0.4) is 0 Å². The van der Waals surface area contributed by atoms with Gasteiger partial charge in [0.25, 0.3) is 0 Å². The molecule has 0 aromatic rings. The van der Waals surface area contributed by atoms with Crippen molar-refractivity contribution in [1.82, 2.24) is 15.1 Å². The molecule has 0 spiro atoms. The van der Waals surface area contributed by atoms with Crippen molar-refractivity contribution in [2.24, 2.45) is 17.0 Å². The lowest BCUT2D eigenvalue weighted by atomic mass is 9.80. The van der Waals surface area contributed by atoms with E-state index in [4.69, 9.17) is 43.4 Å². The van der Waals surface area contributed by atoms with E-state index in [-0.39, 0.29) is 56.3 Å². The first-order valence-electron chi connectivity index (χ1n) is 20.7. The minimum absolute atomic E-state index is 0.0105. The quantitative estimate of drug-likeness (QED) is 0.0328. The van der Waals surface area contributed by atoms with Crippen LogP contribution < -0.4 is 5.32 Å². The molecule has 0 saturated carbocycles. The van der Waals surface area contributed by atoms with Gasteiger partial charge in [0.05, 0.1) is 42.6 Å². The Bertz CT molecular complexity index is 1600. The molecule has 0 radical (unpaired) electrons. The second-order valence-corrected chi connectivity index (χ2v) is 17.4. The van der Waals surface area contributed by atoms with Crippen LogP contribution >= 0.6 is 0 Å². The Morgan fingerprint density at radius 3 is 2.36 bits per heavy atom. The summed E-state index contributed by atoms with van der Waals surface area (Å²) in [5, 5.41) is 17.2. The number of azide groups is 1. The van der Waals surface area contributed by atoms with E-state index in [1.807, 2.05) is 25.9 Å². The van der Waals surface area contributed by atoms with E-state index in [1.165, 1.54) is 21.1 Å². The number of aliphatic hydroxyl groups excluding tert-OH is 1. The fourth-order valence-corrected chi connectivity index (χ4v) is 8.66. The molecule has 0 aromatic heterocycles. The molecule has 3 aliphatic rings. The third-order valence-corrected chi connectivity index (χ3v) is 11.8. The highest BCUT2D eigenvalue weighted by Gasteiger charge is 2.63. The van der Waals surface area contributed by atoms with Gasteiger partial charge in [-0.3, -0.25) is 4.90 Å². The van der Waals surface area contributed by atoms with Gasteiger partial charge in [0, 0.05) is 44.9 Å². The van der Waals surface area contributed by atoms with E-state index in [1.54, 1.807) is 48.5 Å². The molecule has 3 rings (SSSR count). The van der Waals surface area contributed by atoms with Crippen LogP contribution in [0, 0.1) is 11.8 Å². The van der Waals surface area contributed by atoms with E-state index in [0.29, 0.717) is 12.8 Å². The number of aliphatic hydroxyl groups is 1. The first-order valence-corrected chi connectivity index (χ1v) is 20.7. The highest BCUT2D eigenvalue weighted by Crippen LogP contribution is 2.43. The number of carbonyl (C=O) groups excluding carboxylic acids is 3. The van der Waals surface area contributed by atoms with Gasteiger partial charge < -0.3 is 53.2 Å². The molecule has 21 heteroatoms. The summed E-state index contributed by atoms with van der Waals surface area (Å²) in [7, 11) is 6.24. The van der Waals surface area contributed by atoms with E-state index in [9.17, 15) is 19.5 Å². The predicted octanol–water partition coefficient (Wildman–Crippen LogP) is 6.20. The largest absolute Gasteiger partial charge is 0.508 e. The Labute approximate surface area is 356 Å². The average molecular weight is 881 g/mol. The van der Waals surface area contributed by atoms with Gasteiger partial charge in [0.1, 0.15) is 17.8 Å². The maximum absolute atomic E-state index is 15.3. The lowest BCUT2D eigenvalue weighted by molar-refractivity contribution is -0.299. The van der Waals surface area contributed by atoms with Crippen molar-refractivity contribution >= 4 is 18.2 Å². The van der Waals surface area contributed by atoms with Crippen LogP contribution in [-0.4, -0.2) is 153 Å². The van der Waals surface area contributed by atoms with Gasteiger partial charge >= 0.3 is 24.4 Å². The summed E-state index contributed by atoms with van der Waals surface area (Å²) in [6.45, 7) is 14.3. The first kappa shape index (κ1) is 51.8. The molecule has 3 heterocycles. The van der Waals surface area contributed by atoms with E-state index < -0.39 is 95.9 Å². The van der Waals surface area contributed by atoms with Gasteiger partial charge in [-0.15, -0.1) is 0 Å². The van der Waals surface area contributed by atoms with E-state index in [2.05, 4.69) is 15.3 Å². The number of alkyl halides is 3. The average Bonchev–Trinajstić information content (AvgIpc) is 3.43. The molecular formula is C40H67F3N6O12. The SMILES string of the molecule is CC[C@@H](O)[C@@]1(C)OC(=O)N(CCCCN=[N+]=[N-])[C@@H]1[C@H](NC[C@H](C)C[C@@](C)(OC)[C@H](OC1OC(C)CC(N(C)C)C1OC(=O)OC)[C@@H](C)C1=C(C)C(=O)OC(C)(C)O1)C(F)(F)F. The zero-order chi connectivity index (χ0) is 46.2. The third-order valence-electron chi connectivity index (χ3n) is 11.8. The zero-order valence-corrected chi connectivity index (χ0v) is 37.7. The smallest absolute Gasteiger partial charge is 0.456 e. The van der Waals surface area contributed by atoms with Crippen molar-refractivity contribution in [3.05, 3.63) is 21.8 Å². The van der Waals surface area contributed by atoms with Crippen LogP contribution in [0.1, 0.15) is 94.4 Å². The molecule has 1 amide bonds. The second kappa shape index (κ2) is 21.2. The Morgan fingerprint density at radius 1 is 1.15 bits per heavy atom. The predicted molar refractivity (Wildman–Crippen MR) is 214 cm³/mol. The van der Waals surface area contributed by atoms with Crippen LogP contribution in [-0.2, 0) is 42.7 Å². The molecule has 3 aliphatic heterocycles. The Hall–Kier alpha value is -3.59. The minimum Gasteiger partial charge on any atom is -0.456 e. The van der Waals surface area contributed by atoms with E-state index >= 15 is 13.2 Å². The van der Waals surface area contributed by atoms with E-state index in [0.717, 1.165) is 4.90 Å². The standard InChI is InChI=1S/C40H67F3N6O12/c1-14-27(50)39(9)31(49(35(52)61-39)18-16-15-17-46-47-44)30(40(41,42)43)45-21-22(2)20-38(8,55-13)32(24(4)28-25(5)33(51)60-37(6,7)59-28)58-34-29(57-36(53)54-12)26(48(10)11)19-23(3)56-34/h22-24,26-27,29-32,34,45,50H,14-21H2,1-13H3/t22-,23?,24+,26?,27-,29?,30+,31-,32-,34?,38-,39-/m1/s1. The molecule has 18 nitrogen and oxygen atoms in total. The Morgan fingerprint density at radius 2 is 1.80 bits per heavy atom. The number of ether oxygens (including phenoxy) is 8. The number of hydrogen-bond donors (Lipinski definition) is 2. The first-order chi connectivity index (χ1) is 28.3. The molecule has 61 heavy (non-hydrogen) atoms.